The third kappa shape index (κ3) is 3.07. The first-order valence-electron chi connectivity index (χ1n) is 6.25. The molecule has 21 heavy (non-hydrogen) atoms. The number of rotatable bonds is 3. The summed E-state index contributed by atoms with van der Waals surface area (Å²) in [5.74, 6) is 1.35. The summed E-state index contributed by atoms with van der Waals surface area (Å²) in [6.45, 7) is 2.06. The molecule has 0 saturated heterocycles. The summed E-state index contributed by atoms with van der Waals surface area (Å²) < 4.78 is 1.10. The molecular formula is C14H12ClIN4S. The number of aryl methyl sites for hydroxylation is 1. The fourth-order valence-corrected chi connectivity index (χ4v) is 3.75. The Morgan fingerprint density at radius 1 is 1.24 bits per heavy atom. The molecule has 108 valence electrons. The zero-order valence-electron chi connectivity index (χ0n) is 11.4. The molecule has 2 aromatic heterocycles. The monoisotopic (exact) mass is 430 g/mol. The molecule has 3 rings (SSSR count). The van der Waals surface area contributed by atoms with Crippen molar-refractivity contribution in [3.8, 4) is 0 Å². The number of hydrogen-bond donors (Lipinski definition) is 2. The van der Waals surface area contributed by atoms with Crippen LogP contribution in [0.25, 0.3) is 10.2 Å². The highest BCUT2D eigenvalue weighted by Gasteiger charge is 2.11. The maximum absolute atomic E-state index is 6.29. The number of thiophene rings is 1. The van der Waals surface area contributed by atoms with Crippen molar-refractivity contribution in [2.75, 3.05) is 17.7 Å². The molecule has 0 spiro atoms. The quantitative estimate of drug-likeness (QED) is 0.571. The van der Waals surface area contributed by atoms with Crippen molar-refractivity contribution in [3.63, 3.8) is 0 Å². The summed E-state index contributed by atoms with van der Waals surface area (Å²) in [6, 6.07) is 7.96. The predicted octanol–water partition coefficient (Wildman–Crippen LogP) is 5.04. The molecule has 0 fully saturated rings. The summed E-state index contributed by atoms with van der Waals surface area (Å²) in [5.41, 5.74) is 0.836. The fourth-order valence-electron chi connectivity index (χ4n) is 1.97. The largest absolute Gasteiger partial charge is 0.357 e. The molecule has 0 saturated carbocycles. The normalized spacial score (nSPS) is 10.9. The number of fused-ring (bicyclic) bond motifs is 1. The van der Waals surface area contributed by atoms with Crippen molar-refractivity contribution in [1.82, 2.24) is 9.97 Å². The van der Waals surface area contributed by atoms with Crippen LogP contribution in [-0.4, -0.2) is 17.0 Å². The fraction of sp³-hybridized carbons (Fsp3) is 0.143. The Bertz CT molecular complexity index is 818. The lowest BCUT2D eigenvalue weighted by atomic mass is 10.3. The van der Waals surface area contributed by atoms with E-state index in [1.165, 1.54) is 4.88 Å². The number of nitrogens with one attached hydrogen (secondary N) is 2. The summed E-state index contributed by atoms with van der Waals surface area (Å²) in [6.07, 6.45) is 0. The Morgan fingerprint density at radius 3 is 2.76 bits per heavy atom. The summed E-state index contributed by atoms with van der Waals surface area (Å²) in [7, 11) is 1.81. The molecule has 0 unspecified atom stereocenters. The van der Waals surface area contributed by atoms with Gasteiger partial charge in [-0.1, -0.05) is 11.6 Å². The average Bonchev–Trinajstić information content (AvgIpc) is 2.82. The van der Waals surface area contributed by atoms with Gasteiger partial charge in [0.05, 0.1) is 16.1 Å². The summed E-state index contributed by atoms with van der Waals surface area (Å²) in [5, 5.41) is 7.98. The van der Waals surface area contributed by atoms with E-state index in [0.29, 0.717) is 11.0 Å². The van der Waals surface area contributed by atoms with Crippen LogP contribution in [0.4, 0.5) is 17.5 Å². The van der Waals surface area contributed by atoms with Crippen LogP contribution in [0.1, 0.15) is 4.88 Å². The van der Waals surface area contributed by atoms with Gasteiger partial charge in [0.15, 0.2) is 0 Å². The highest BCUT2D eigenvalue weighted by molar-refractivity contribution is 14.1. The third-order valence-electron chi connectivity index (χ3n) is 2.92. The number of aromatic nitrogens is 2. The van der Waals surface area contributed by atoms with Gasteiger partial charge in [-0.25, -0.2) is 4.98 Å². The third-order valence-corrected chi connectivity index (χ3v) is 4.85. The Labute approximate surface area is 145 Å². The van der Waals surface area contributed by atoms with Crippen LogP contribution in [0.5, 0.6) is 0 Å². The van der Waals surface area contributed by atoms with E-state index in [2.05, 4.69) is 56.2 Å². The second-order valence-electron chi connectivity index (χ2n) is 4.47. The van der Waals surface area contributed by atoms with Crippen LogP contribution < -0.4 is 10.6 Å². The van der Waals surface area contributed by atoms with Crippen molar-refractivity contribution >= 4 is 73.2 Å². The highest BCUT2D eigenvalue weighted by atomic mass is 127. The van der Waals surface area contributed by atoms with Crippen molar-refractivity contribution in [3.05, 3.63) is 37.7 Å². The van der Waals surface area contributed by atoms with Gasteiger partial charge in [-0.2, -0.15) is 4.98 Å². The maximum atomic E-state index is 6.29. The number of hydrogen-bond acceptors (Lipinski definition) is 5. The van der Waals surface area contributed by atoms with Gasteiger partial charge in [0, 0.05) is 15.5 Å². The zero-order chi connectivity index (χ0) is 15.0. The molecule has 4 nitrogen and oxygen atoms in total. The van der Waals surface area contributed by atoms with Crippen LogP contribution in [0.2, 0.25) is 5.02 Å². The molecule has 3 aromatic rings. The molecule has 0 atom stereocenters. The summed E-state index contributed by atoms with van der Waals surface area (Å²) in [4.78, 5) is 11.1. The van der Waals surface area contributed by atoms with E-state index in [0.717, 1.165) is 25.3 Å². The van der Waals surface area contributed by atoms with Crippen molar-refractivity contribution in [2.45, 2.75) is 6.92 Å². The van der Waals surface area contributed by atoms with Gasteiger partial charge in [0.2, 0.25) is 5.95 Å². The standard InChI is InChI=1S/C14H12ClIN4S/c1-7-5-9-12(19-14(17-2)20-13(9)21-7)18-11-4-3-8(16)6-10(11)15/h3-6H,1-2H3,(H2,17,18,19,20). The first-order chi connectivity index (χ1) is 10.1. The molecule has 0 aliphatic rings. The minimum atomic E-state index is 0.591. The van der Waals surface area contributed by atoms with E-state index < -0.39 is 0 Å². The van der Waals surface area contributed by atoms with Crippen LogP contribution in [0, 0.1) is 10.5 Å². The van der Waals surface area contributed by atoms with E-state index in [-0.39, 0.29) is 0 Å². The number of benzene rings is 1. The second kappa shape index (κ2) is 5.94. The van der Waals surface area contributed by atoms with E-state index in [1.54, 1.807) is 11.3 Å². The molecule has 2 N–H and O–H groups in total. The Balaban J connectivity index is 2.10. The second-order valence-corrected chi connectivity index (χ2v) is 7.36. The highest BCUT2D eigenvalue weighted by Crippen LogP contribution is 2.33. The zero-order valence-corrected chi connectivity index (χ0v) is 15.1. The Morgan fingerprint density at radius 2 is 2.05 bits per heavy atom. The van der Waals surface area contributed by atoms with E-state index in [4.69, 9.17) is 11.6 Å². The lowest BCUT2D eigenvalue weighted by Gasteiger charge is -2.10. The first kappa shape index (κ1) is 14.8. The molecule has 0 amide bonds. The van der Waals surface area contributed by atoms with E-state index in [9.17, 15) is 0 Å². The van der Waals surface area contributed by atoms with Gasteiger partial charge in [-0.15, -0.1) is 11.3 Å². The number of halogens is 2. The minimum absolute atomic E-state index is 0.591. The summed E-state index contributed by atoms with van der Waals surface area (Å²) >= 11 is 10.2. The predicted molar refractivity (Wildman–Crippen MR) is 99.2 cm³/mol. The Kier molecular flexibility index (Phi) is 4.19. The van der Waals surface area contributed by atoms with Crippen LogP contribution in [-0.2, 0) is 0 Å². The van der Waals surface area contributed by atoms with Gasteiger partial charge in [-0.3, -0.25) is 0 Å². The van der Waals surface area contributed by atoms with Crippen LogP contribution in [0.15, 0.2) is 24.3 Å². The molecule has 0 radical (unpaired) electrons. The lowest BCUT2D eigenvalue weighted by Crippen LogP contribution is -2.01. The topological polar surface area (TPSA) is 49.8 Å². The molecule has 7 heteroatoms. The maximum Gasteiger partial charge on any atom is 0.225 e. The minimum Gasteiger partial charge on any atom is -0.357 e. The van der Waals surface area contributed by atoms with Gasteiger partial charge in [-0.05, 0) is 53.8 Å². The van der Waals surface area contributed by atoms with Gasteiger partial charge in [0.25, 0.3) is 0 Å². The van der Waals surface area contributed by atoms with Gasteiger partial charge in [0.1, 0.15) is 10.6 Å². The van der Waals surface area contributed by atoms with Gasteiger partial charge >= 0.3 is 0 Å². The SMILES string of the molecule is CNc1nc(Nc2ccc(I)cc2Cl)c2cc(C)sc2n1. The molecular weight excluding hydrogens is 419 g/mol. The van der Waals surface area contributed by atoms with E-state index in [1.807, 2.05) is 25.2 Å². The van der Waals surface area contributed by atoms with Crippen molar-refractivity contribution in [1.29, 1.82) is 0 Å². The smallest absolute Gasteiger partial charge is 0.225 e. The van der Waals surface area contributed by atoms with Crippen LogP contribution >= 0.6 is 45.5 Å². The molecule has 2 heterocycles. The lowest BCUT2D eigenvalue weighted by molar-refractivity contribution is 1.20. The first-order valence-corrected chi connectivity index (χ1v) is 8.52. The van der Waals surface area contributed by atoms with Crippen molar-refractivity contribution in [2.24, 2.45) is 0 Å². The molecule has 0 aliphatic carbocycles. The molecule has 1 aromatic carbocycles. The number of nitrogens with zero attached hydrogens (tertiary/aromatic N) is 2. The van der Waals surface area contributed by atoms with Crippen LogP contribution in [0.3, 0.4) is 0 Å². The van der Waals surface area contributed by atoms with Crippen molar-refractivity contribution < 1.29 is 0 Å². The molecule has 0 aliphatic heterocycles. The van der Waals surface area contributed by atoms with Gasteiger partial charge < -0.3 is 10.6 Å². The molecule has 0 bridgehead atoms. The Hall–Kier alpha value is -1.12. The average molecular weight is 431 g/mol. The van der Waals surface area contributed by atoms with E-state index >= 15 is 0 Å². The number of anilines is 3.